The molecule has 0 spiro atoms. The Hall–Kier alpha value is -1.73. The lowest BCUT2D eigenvalue weighted by molar-refractivity contribution is 0.271. The Morgan fingerprint density at radius 3 is 2.32 bits per heavy atom. The quantitative estimate of drug-likeness (QED) is 0.820. The van der Waals surface area contributed by atoms with Crippen molar-refractivity contribution in [2.75, 3.05) is 13.1 Å². The van der Waals surface area contributed by atoms with Crippen molar-refractivity contribution in [3.63, 3.8) is 0 Å². The van der Waals surface area contributed by atoms with E-state index >= 15 is 0 Å². The maximum Gasteiger partial charge on any atom is 0.243 e. The molecule has 25 heavy (non-hydrogen) atoms. The van der Waals surface area contributed by atoms with Gasteiger partial charge in [0.2, 0.25) is 10.0 Å². The van der Waals surface area contributed by atoms with E-state index in [1.807, 2.05) is 23.6 Å². The van der Waals surface area contributed by atoms with Crippen LogP contribution in [-0.2, 0) is 16.4 Å². The average Bonchev–Trinajstić information content (AvgIpc) is 3.01. The highest BCUT2D eigenvalue weighted by molar-refractivity contribution is 7.89. The average molecular weight is 362 g/mol. The molecule has 0 atom stereocenters. The maximum atomic E-state index is 12.9. The van der Waals surface area contributed by atoms with Gasteiger partial charge in [0, 0.05) is 19.1 Å². The molecule has 1 aliphatic heterocycles. The summed E-state index contributed by atoms with van der Waals surface area (Å²) >= 11 is 0. The van der Waals surface area contributed by atoms with Crippen molar-refractivity contribution in [3.05, 3.63) is 42.0 Å². The molecule has 0 radical (unpaired) electrons. The summed E-state index contributed by atoms with van der Waals surface area (Å²) in [5, 5.41) is 7.94. The second kappa shape index (κ2) is 7.25. The number of hydrogen-bond donors (Lipinski definition) is 0. The van der Waals surface area contributed by atoms with Gasteiger partial charge in [-0.3, -0.25) is 0 Å². The summed E-state index contributed by atoms with van der Waals surface area (Å²) in [6, 6.07) is 7.61. The minimum atomic E-state index is -3.42. The first kappa shape index (κ1) is 18.1. The monoisotopic (exact) mass is 362 g/mol. The molecule has 0 bridgehead atoms. The van der Waals surface area contributed by atoms with Crippen molar-refractivity contribution in [3.8, 4) is 0 Å². The second-order valence-electron chi connectivity index (χ2n) is 7.16. The molecule has 0 N–H and O–H groups in total. The van der Waals surface area contributed by atoms with Crippen LogP contribution in [0.4, 0.5) is 0 Å². The standard InChI is InChI=1S/C18H26N4O2S/c1-14(2)12-16-4-6-18(7-5-16)25(23,24)21-10-8-17(9-11-21)22-13-19-20-15(22)3/h4-7,13-14,17H,8-12H2,1-3H3. The minimum Gasteiger partial charge on any atom is -0.315 e. The Bertz CT molecular complexity index is 804. The van der Waals surface area contributed by atoms with E-state index in [0.717, 1.165) is 25.1 Å². The number of hydrogen-bond acceptors (Lipinski definition) is 4. The molecule has 136 valence electrons. The summed E-state index contributed by atoms with van der Waals surface area (Å²) in [6.45, 7) is 7.30. The summed E-state index contributed by atoms with van der Waals surface area (Å²) < 4.78 is 29.4. The molecule has 1 aliphatic rings. The topological polar surface area (TPSA) is 68.1 Å². The van der Waals surface area contributed by atoms with Crippen LogP contribution in [0.15, 0.2) is 35.5 Å². The lowest BCUT2D eigenvalue weighted by atomic mass is 10.0. The molecule has 1 fully saturated rings. The molecule has 2 aromatic rings. The van der Waals surface area contributed by atoms with Gasteiger partial charge in [0.05, 0.1) is 4.90 Å². The third-order valence-corrected chi connectivity index (χ3v) is 6.69. The highest BCUT2D eigenvalue weighted by Gasteiger charge is 2.30. The highest BCUT2D eigenvalue weighted by atomic mass is 32.2. The molecule has 2 heterocycles. The smallest absolute Gasteiger partial charge is 0.243 e. The van der Waals surface area contributed by atoms with Gasteiger partial charge in [-0.15, -0.1) is 10.2 Å². The van der Waals surface area contributed by atoms with Crippen LogP contribution < -0.4 is 0 Å². The number of benzene rings is 1. The Morgan fingerprint density at radius 2 is 1.80 bits per heavy atom. The van der Waals surface area contributed by atoms with Crippen molar-refractivity contribution in [1.29, 1.82) is 0 Å². The van der Waals surface area contributed by atoms with Crippen LogP contribution in [0.3, 0.4) is 0 Å². The van der Waals surface area contributed by atoms with E-state index in [2.05, 4.69) is 24.0 Å². The zero-order valence-corrected chi connectivity index (χ0v) is 15.9. The lowest BCUT2D eigenvalue weighted by Crippen LogP contribution is -2.39. The van der Waals surface area contributed by atoms with Crippen LogP contribution in [0, 0.1) is 12.8 Å². The molecular formula is C18H26N4O2S. The van der Waals surface area contributed by atoms with E-state index in [1.165, 1.54) is 5.56 Å². The fourth-order valence-electron chi connectivity index (χ4n) is 3.44. The van der Waals surface area contributed by atoms with Crippen molar-refractivity contribution in [1.82, 2.24) is 19.1 Å². The molecule has 0 saturated carbocycles. The van der Waals surface area contributed by atoms with Crippen molar-refractivity contribution in [2.45, 2.75) is 51.0 Å². The Balaban J connectivity index is 1.68. The third-order valence-electron chi connectivity index (χ3n) is 4.77. The Kier molecular flexibility index (Phi) is 5.24. The molecule has 0 unspecified atom stereocenters. The van der Waals surface area contributed by atoms with Crippen LogP contribution in [0.5, 0.6) is 0 Å². The van der Waals surface area contributed by atoms with Gasteiger partial charge >= 0.3 is 0 Å². The van der Waals surface area contributed by atoms with Crippen LogP contribution in [0.2, 0.25) is 0 Å². The predicted molar refractivity (Wildman–Crippen MR) is 96.8 cm³/mol. The van der Waals surface area contributed by atoms with E-state index in [1.54, 1.807) is 22.8 Å². The van der Waals surface area contributed by atoms with Crippen LogP contribution in [0.25, 0.3) is 0 Å². The predicted octanol–water partition coefficient (Wildman–Crippen LogP) is 2.81. The lowest BCUT2D eigenvalue weighted by Gasteiger charge is -2.32. The van der Waals surface area contributed by atoms with Gasteiger partial charge in [-0.2, -0.15) is 4.31 Å². The number of nitrogens with zero attached hydrogens (tertiary/aromatic N) is 4. The first-order chi connectivity index (χ1) is 11.9. The van der Waals surface area contributed by atoms with Crippen molar-refractivity contribution >= 4 is 10.0 Å². The summed E-state index contributed by atoms with van der Waals surface area (Å²) in [7, 11) is -3.42. The Morgan fingerprint density at radius 1 is 1.16 bits per heavy atom. The third kappa shape index (κ3) is 3.93. The normalized spacial score (nSPS) is 17.3. The summed E-state index contributed by atoms with van der Waals surface area (Å²) in [5.41, 5.74) is 1.18. The molecular weight excluding hydrogens is 336 g/mol. The van der Waals surface area contributed by atoms with E-state index in [-0.39, 0.29) is 6.04 Å². The van der Waals surface area contributed by atoms with Gasteiger partial charge < -0.3 is 4.57 Å². The zero-order chi connectivity index (χ0) is 18.0. The highest BCUT2D eigenvalue weighted by Crippen LogP contribution is 2.27. The van der Waals surface area contributed by atoms with E-state index in [4.69, 9.17) is 0 Å². The van der Waals surface area contributed by atoms with Gasteiger partial charge in [-0.05, 0) is 49.8 Å². The number of rotatable bonds is 5. The minimum absolute atomic E-state index is 0.273. The van der Waals surface area contributed by atoms with E-state index in [9.17, 15) is 8.42 Å². The van der Waals surface area contributed by atoms with Gasteiger partial charge in [-0.1, -0.05) is 26.0 Å². The molecule has 3 rings (SSSR count). The molecule has 0 aliphatic carbocycles. The molecule has 1 aromatic heterocycles. The summed E-state index contributed by atoms with van der Waals surface area (Å²) in [6.07, 6.45) is 4.26. The molecule has 7 heteroatoms. The number of piperidine rings is 1. The fraction of sp³-hybridized carbons (Fsp3) is 0.556. The SMILES string of the molecule is Cc1nncn1C1CCN(S(=O)(=O)c2ccc(CC(C)C)cc2)CC1. The second-order valence-corrected chi connectivity index (χ2v) is 9.10. The van der Waals surface area contributed by atoms with Gasteiger partial charge in [-0.25, -0.2) is 8.42 Å². The first-order valence-corrected chi connectivity index (χ1v) is 10.3. The van der Waals surface area contributed by atoms with Gasteiger partial charge in [0.15, 0.2) is 0 Å². The van der Waals surface area contributed by atoms with Crippen molar-refractivity contribution < 1.29 is 8.42 Å². The largest absolute Gasteiger partial charge is 0.315 e. The molecule has 1 aromatic carbocycles. The van der Waals surface area contributed by atoms with E-state index < -0.39 is 10.0 Å². The van der Waals surface area contributed by atoms with Crippen LogP contribution in [-0.4, -0.2) is 40.6 Å². The first-order valence-electron chi connectivity index (χ1n) is 8.83. The van der Waals surface area contributed by atoms with E-state index in [0.29, 0.717) is 23.9 Å². The molecule has 0 amide bonds. The summed E-state index contributed by atoms with van der Waals surface area (Å²) in [5.74, 6) is 1.43. The number of sulfonamides is 1. The maximum absolute atomic E-state index is 12.9. The van der Waals surface area contributed by atoms with Crippen LogP contribution in [0.1, 0.15) is 44.1 Å². The number of aryl methyl sites for hydroxylation is 1. The van der Waals surface area contributed by atoms with Crippen molar-refractivity contribution in [2.24, 2.45) is 5.92 Å². The van der Waals surface area contributed by atoms with Crippen LogP contribution >= 0.6 is 0 Å². The number of aromatic nitrogens is 3. The molecule has 6 nitrogen and oxygen atoms in total. The summed E-state index contributed by atoms with van der Waals surface area (Å²) in [4.78, 5) is 0.388. The molecule has 1 saturated heterocycles. The Labute approximate surface area is 149 Å². The van der Waals surface area contributed by atoms with Gasteiger partial charge in [0.25, 0.3) is 0 Å². The fourth-order valence-corrected chi connectivity index (χ4v) is 4.91. The zero-order valence-electron chi connectivity index (χ0n) is 15.1. The van der Waals surface area contributed by atoms with Gasteiger partial charge in [0.1, 0.15) is 12.2 Å².